The number of carbonyl (C=O) groups excluding carboxylic acids is 2. The van der Waals surface area contributed by atoms with Crippen LogP contribution in [-0.4, -0.2) is 25.0 Å². The topological polar surface area (TPSA) is 85.9 Å². The lowest BCUT2D eigenvalue weighted by Gasteiger charge is -2.13. The summed E-state index contributed by atoms with van der Waals surface area (Å²) in [6, 6.07) is 17.9. The zero-order chi connectivity index (χ0) is 24.1. The maximum atomic E-state index is 13.0. The number of rotatable bonds is 6. The van der Waals surface area contributed by atoms with Crippen LogP contribution in [-0.2, 0) is 4.79 Å². The predicted molar refractivity (Wildman–Crippen MR) is 116 cm³/mol. The van der Waals surface area contributed by atoms with Crippen molar-refractivity contribution in [3.63, 3.8) is 0 Å². The fourth-order valence-corrected chi connectivity index (χ4v) is 3.05. The number of carbonyl (C=O) groups is 2. The number of ether oxygens (including phenoxy) is 3. The van der Waals surface area contributed by atoms with E-state index in [0.29, 0.717) is 22.6 Å². The molecule has 3 aromatic rings. The number of fused-ring (bicyclic) bond motifs is 1. The number of hydrogen-bond donors (Lipinski definition) is 2. The van der Waals surface area contributed by atoms with Gasteiger partial charge in [0.15, 0.2) is 11.5 Å². The molecule has 0 fully saturated rings. The molecule has 10 heteroatoms. The lowest BCUT2D eigenvalue weighted by molar-refractivity contribution is -0.274. The molecule has 0 aliphatic carbocycles. The molecule has 0 saturated carbocycles. The average molecular weight is 470 g/mol. The highest BCUT2D eigenvalue weighted by Gasteiger charge is 2.31. The van der Waals surface area contributed by atoms with Crippen molar-refractivity contribution >= 4 is 23.6 Å². The molecule has 0 bridgehead atoms. The molecule has 3 aromatic carbocycles. The van der Waals surface area contributed by atoms with Crippen molar-refractivity contribution < 1.29 is 37.0 Å². The highest BCUT2D eigenvalue weighted by atomic mass is 19.4. The second-order valence-corrected chi connectivity index (χ2v) is 7.02. The quantitative estimate of drug-likeness (QED) is 0.509. The minimum absolute atomic E-state index is 0.0780. The number of hydrogen-bond acceptors (Lipinski definition) is 5. The molecule has 0 saturated heterocycles. The van der Waals surface area contributed by atoms with Gasteiger partial charge in [-0.05, 0) is 60.2 Å². The van der Waals surface area contributed by atoms with Crippen molar-refractivity contribution in [3.05, 3.63) is 89.6 Å². The molecule has 2 amide bonds. The zero-order valence-corrected chi connectivity index (χ0v) is 17.4. The third kappa shape index (κ3) is 5.85. The molecule has 4 rings (SSSR count). The molecule has 0 aromatic heterocycles. The van der Waals surface area contributed by atoms with Gasteiger partial charge in [-0.1, -0.05) is 24.3 Å². The summed E-state index contributed by atoms with van der Waals surface area (Å²) in [6.45, 7) is 0.0780. The van der Waals surface area contributed by atoms with E-state index in [4.69, 9.17) is 9.47 Å². The SMILES string of the molecule is O=C(Nc1ccc(OC(F)(F)F)cc1)/C(=C\c1ccc2c(c1)OCO2)NC(=O)c1ccccc1. The Kier molecular flexibility index (Phi) is 6.39. The van der Waals surface area contributed by atoms with Gasteiger partial charge in [-0.2, -0.15) is 0 Å². The summed E-state index contributed by atoms with van der Waals surface area (Å²) in [5.74, 6) is -0.595. The first-order valence-corrected chi connectivity index (χ1v) is 9.92. The zero-order valence-electron chi connectivity index (χ0n) is 17.4. The average Bonchev–Trinajstić information content (AvgIpc) is 3.27. The molecule has 0 spiro atoms. The van der Waals surface area contributed by atoms with E-state index in [1.165, 1.54) is 18.2 Å². The number of anilines is 1. The van der Waals surface area contributed by atoms with Gasteiger partial charge in [0.05, 0.1) is 0 Å². The smallest absolute Gasteiger partial charge is 0.454 e. The molecule has 0 unspecified atom stereocenters. The van der Waals surface area contributed by atoms with Gasteiger partial charge in [-0.15, -0.1) is 13.2 Å². The first kappa shape index (κ1) is 22.7. The van der Waals surface area contributed by atoms with Gasteiger partial charge < -0.3 is 24.8 Å². The minimum Gasteiger partial charge on any atom is -0.454 e. The van der Waals surface area contributed by atoms with E-state index in [9.17, 15) is 22.8 Å². The minimum atomic E-state index is -4.83. The van der Waals surface area contributed by atoms with Gasteiger partial charge in [-0.3, -0.25) is 9.59 Å². The summed E-state index contributed by atoms with van der Waals surface area (Å²) in [6.07, 6.45) is -3.38. The van der Waals surface area contributed by atoms with E-state index in [2.05, 4.69) is 15.4 Å². The Morgan fingerprint density at radius 2 is 1.62 bits per heavy atom. The lowest BCUT2D eigenvalue weighted by Crippen LogP contribution is -2.30. The van der Waals surface area contributed by atoms with E-state index in [1.807, 2.05) is 0 Å². The molecule has 2 N–H and O–H groups in total. The number of nitrogens with one attached hydrogen (secondary N) is 2. The standard InChI is InChI=1S/C24H17F3N2O5/c25-24(26,27)34-18-9-7-17(8-10-18)28-23(31)19(29-22(30)16-4-2-1-3-5-16)12-15-6-11-20-21(13-15)33-14-32-20/h1-13H,14H2,(H,28,31)(H,29,30)/b19-12+. The van der Waals surface area contributed by atoms with Gasteiger partial charge in [0.1, 0.15) is 11.4 Å². The van der Waals surface area contributed by atoms with Crippen LogP contribution in [0.3, 0.4) is 0 Å². The maximum Gasteiger partial charge on any atom is 0.573 e. The Labute approximate surface area is 191 Å². The van der Waals surface area contributed by atoms with E-state index >= 15 is 0 Å². The normalized spacial score (nSPS) is 12.7. The van der Waals surface area contributed by atoms with Crippen LogP contribution in [0.4, 0.5) is 18.9 Å². The highest BCUT2D eigenvalue weighted by molar-refractivity contribution is 6.10. The summed E-state index contributed by atoms with van der Waals surface area (Å²) in [4.78, 5) is 25.6. The molecule has 7 nitrogen and oxygen atoms in total. The third-order valence-corrected chi connectivity index (χ3v) is 4.58. The van der Waals surface area contributed by atoms with Crippen LogP contribution in [0.1, 0.15) is 15.9 Å². The van der Waals surface area contributed by atoms with Crippen molar-refractivity contribution in [1.29, 1.82) is 0 Å². The summed E-state index contributed by atoms with van der Waals surface area (Å²) >= 11 is 0. The molecular weight excluding hydrogens is 453 g/mol. The van der Waals surface area contributed by atoms with Crippen LogP contribution in [0.2, 0.25) is 0 Å². The van der Waals surface area contributed by atoms with Gasteiger partial charge in [0.25, 0.3) is 11.8 Å². The first-order valence-electron chi connectivity index (χ1n) is 9.92. The van der Waals surface area contributed by atoms with Gasteiger partial charge in [0.2, 0.25) is 6.79 Å². The monoisotopic (exact) mass is 470 g/mol. The number of alkyl halides is 3. The van der Waals surface area contributed by atoms with Crippen molar-refractivity contribution in [2.75, 3.05) is 12.1 Å². The van der Waals surface area contributed by atoms with Crippen molar-refractivity contribution in [3.8, 4) is 17.2 Å². The van der Waals surface area contributed by atoms with Crippen molar-refractivity contribution in [1.82, 2.24) is 5.32 Å². The van der Waals surface area contributed by atoms with E-state index in [0.717, 1.165) is 12.1 Å². The summed E-state index contributed by atoms with van der Waals surface area (Å²) in [5.41, 5.74) is 0.991. The Morgan fingerprint density at radius 1 is 0.912 bits per heavy atom. The largest absolute Gasteiger partial charge is 0.573 e. The number of benzene rings is 3. The van der Waals surface area contributed by atoms with E-state index < -0.39 is 23.9 Å². The van der Waals surface area contributed by atoms with Crippen LogP contribution in [0.5, 0.6) is 17.2 Å². The summed E-state index contributed by atoms with van der Waals surface area (Å²) < 4.78 is 51.5. The van der Waals surface area contributed by atoms with Gasteiger partial charge in [0, 0.05) is 11.3 Å². The second-order valence-electron chi connectivity index (χ2n) is 7.02. The summed E-state index contributed by atoms with van der Waals surface area (Å²) in [5, 5.41) is 5.12. The Balaban J connectivity index is 1.56. The predicted octanol–water partition coefficient (Wildman–Crippen LogP) is 4.72. The van der Waals surface area contributed by atoms with Crippen LogP contribution < -0.4 is 24.8 Å². The lowest BCUT2D eigenvalue weighted by atomic mass is 10.1. The number of halogens is 3. The van der Waals surface area contributed by atoms with E-state index in [1.54, 1.807) is 48.5 Å². The molecular formula is C24H17F3N2O5. The fraction of sp³-hybridized carbons (Fsp3) is 0.0833. The molecule has 34 heavy (non-hydrogen) atoms. The van der Waals surface area contributed by atoms with Gasteiger partial charge >= 0.3 is 6.36 Å². The molecule has 1 aliphatic rings. The molecule has 174 valence electrons. The fourth-order valence-electron chi connectivity index (χ4n) is 3.05. The maximum absolute atomic E-state index is 13.0. The highest BCUT2D eigenvalue weighted by Crippen LogP contribution is 2.33. The third-order valence-electron chi connectivity index (χ3n) is 4.58. The van der Waals surface area contributed by atoms with E-state index in [-0.39, 0.29) is 18.2 Å². The van der Waals surface area contributed by atoms with Crippen LogP contribution in [0, 0.1) is 0 Å². The molecule has 0 atom stereocenters. The Hall–Kier alpha value is -4.47. The molecule has 1 heterocycles. The van der Waals surface area contributed by atoms with Crippen molar-refractivity contribution in [2.24, 2.45) is 0 Å². The van der Waals surface area contributed by atoms with Crippen LogP contribution in [0.25, 0.3) is 6.08 Å². The number of amides is 2. The second kappa shape index (κ2) is 9.57. The summed E-state index contributed by atoms with van der Waals surface area (Å²) in [7, 11) is 0. The van der Waals surface area contributed by atoms with Gasteiger partial charge in [-0.25, -0.2) is 0 Å². The van der Waals surface area contributed by atoms with Crippen molar-refractivity contribution in [2.45, 2.75) is 6.36 Å². The molecule has 1 aliphatic heterocycles. The molecule has 0 radical (unpaired) electrons. The Morgan fingerprint density at radius 3 is 2.32 bits per heavy atom. The Bertz CT molecular complexity index is 1230. The van der Waals surface area contributed by atoms with Crippen LogP contribution >= 0.6 is 0 Å². The first-order chi connectivity index (χ1) is 16.3. The van der Waals surface area contributed by atoms with Crippen LogP contribution in [0.15, 0.2) is 78.5 Å².